The van der Waals surface area contributed by atoms with Crippen LogP contribution in [0, 0.1) is 0 Å². The van der Waals surface area contributed by atoms with Crippen LogP contribution < -0.4 is 11.1 Å². The average Bonchev–Trinajstić information content (AvgIpc) is 2.37. The van der Waals surface area contributed by atoms with Crippen LogP contribution in [-0.4, -0.2) is 17.4 Å². The largest absolute Gasteiger partial charge is 0.370 e. The zero-order valence-electron chi connectivity index (χ0n) is 9.82. The van der Waals surface area contributed by atoms with Crippen molar-refractivity contribution in [2.24, 2.45) is 5.73 Å². The van der Waals surface area contributed by atoms with Crippen LogP contribution in [0.15, 0.2) is 30.5 Å². The molecule has 0 aliphatic heterocycles. The minimum absolute atomic E-state index is 0.304. The summed E-state index contributed by atoms with van der Waals surface area (Å²) < 4.78 is 0. The predicted octanol–water partition coefficient (Wildman–Crippen LogP) is 1.85. The highest BCUT2D eigenvalue weighted by molar-refractivity contribution is 6.35. The quantitative estimate of drug-likeness (QED) is 0.809. The smallest absolute Gasteiger partial charge is 0.218 e. The van der Waals surface area contributed by atoms with E-state index in [0.717, 1.165) is 16.5 Å². The van der Waals surface area contributed by atoms with Crippen molar-refractivity contribution in [2.75, 3.05) is 6.54 Å². The molecule has 5 heteroatoms. The summed E-state index contributed by atoms with van der Waals surface area (Å²) in [5.74, 6) is -0.304. The third kappa shape index (κ3) is 2.97. The maximum absolute atomic E-state index is 10.6. The van der Waals surface area contributed by atoms with Gasteiger partial charge in [0.05, 0.1) is 5.52 Å². The second-order valence-electron chi connectivity index (χ2n) is 4.00. The van der Waals surface area contributed by atoms with E-state index < -0.39 is 0 Å². The second-order valence-corrected chi connectivity index (χ2v) is 4.41. The molecule has 0 bridgehead atoms. The number of benzene rings is 1. The maximum atomic E-state index is 10.6. The van der Waals surface area contributed by atoms with Crippen LogP contribution in [0.4, 0.5) is 0 Å². The summed E-state index contributed by atoms with van der Waals surface area (Å²) in [6.07, 6.45) is 2.07. The number of nitrogens with zero attached hydrogens (tertiary/aromatic N) is 1. The highest BCUT2D eigenvalue weighted by atomic mass is 35.5. The standard InChI is InChI=1S/C13H14ClN3O/c14-11-4-3-9(8-16-7-5-12(15)18)13-10(11)2-1-6-17-13/h1-4,6,16H,5,7-8H2,(H2,15,18). The van der Waals surface area contributed by atoms with Crippen molar-refractivity contribution < 1.29 is 4.79 Å². The van der Waals surface area contributed by atoms with E-state index in [1.807, 2.05) is 24.3 Å². The van der Waals surface area contributed by atoms with Crippen LogP contribution in [0.25, 0.3) is 10.9 Å². The Bertz CT molecular complexity index is 571. The molecule has 0 atom stereocenters. The molecule has 18 heavy (non-hydrogen) atoms. The van der Waals surface area contributed by atoms with Crippen LogP contribution in [0.3, 0.4) is 0 Å². The second kappa shape index (κ2) is 5.80. The van der Waals surface area contributed by atoms with Gasteiger partial charge >= 0.3 is 0 Å². The van der Waals surface area contributed by atoms with Crippen molar-refractivity contribution in [1.82, 2.24) is 10.3 Å². The fourth-order valence-electron chi connectivity index (χ4n) is 1.77. The van der Waals surface area contributed by atoms with Crippen molar-refractivity contribution in [2.45, 2.75) is 13.0 Å². The number of carbonyl (C=O) groups is 1. The SMILES string of the molecule is NC(=O)CCNCc1ccc(Cl)c2cccnc12. The lowest BCUT2D eigenvalue weighted by Crippen LogP contribution is -2.21. The van der Waals surface area contributed by atoms with Gasteiger partial charge in [0.25, 0.3) is 0 Å². The number of primary amides is 1. The third-order valence-electron chi connectivity index (χ3n) is 2.66. The summed E-state index contributed by atoms with van der Waals surface area (Å²) >= 11 is 6.11. The lowest BCUT2D eigenvalue weighted by molar-refractivity contribution is -0.117. The van der Waals surface area contributed by atoms with Gasteiger partial charge in [0, 0.05) is 36.1 Å². The molecule has 0 unspecified atom stereocenters. The zero-order valence-corrected chi connectivity index (χ0v) is 10.6. The van der Waals surface area contributed by atoms with Crippen LogP contribution in [0.5, 0.6) is 0 Å². The Morgan fingerprint density at radius 3 is 3.00 bits per heavy atom. The molecule has 1 amide bonds. The van der Waals surface area contributed by atoms with Crippen molar-refractivity contribution in [3.63, 3.8) is 0 Å². The predicted molar refractivity (Wildman–Crippen MR) is 72.3 cm³/mol. The van der Waals surface area contributed by atoms with E-state index in [1.165, 1.54) is 0 Å². The Balaban J connectivity index is 2.14. The van der Waals surface area contributed by atoms with E-state index >= 15 is 0 Å². The van der Waals surface area contributed by atoms with Gasteiger partial charge in [-0.3, -0.25) is 9.78 Å². The van der Waals surface area contributed by atoms with Gasteiger partial charge in [0.2, 0.25) is 5.91 Å². The van der Waals surface area contributed by atoms with Crippen LogP contribution in [-0.2, 0) is 11.3 Å². The summed E-state index contributed by atoms with van der Waals surface area (Å²) in [7, 11) is 0. The number of aromatic nitrogens is 1. The summed E-state index contributed by atoms with van der Waals surface area (Å²) in [4.78, 5) is 15.0. The van der Waals surface area contributed by atoms with Crippen molar-refractivity contribution in [3.05, 3.63) is 41.0 Å². The zero-order chi connectivity index (χ0) is 13.0. The highest BCUT2D eigenvalue weighted by Crippen LogP contribution is 2.24. The van der Waals surface area contributed by atoms with Gasteiger partial charge < -0.3 is 11.1 Å². The molecule has 0 aliphatic carbocycles. The Labute approximate surface area is 110 Å². The molecule has 0 radical (unpaired) electrons. The van der Waals surface area contributed by atoms with Gasteiger partial charge in [-0.05, 0) is 23.8 Å². The van der Waals surface area contributed by atoms with E-state index in [1.54, 1.807) is 6.20 Å². The Hall–Kier alpha value is -1.65. The lowest BCUT2D eigenvalue weighted by atomic mass is 10.1. The number of hydrogen-bond acceptors (Lipinski definition) is 3. The average molecular weight is 264 g/mol. The van der Waals surface area contributed by atoms with Gasteiger partial charge in [0.1, 0.15) is 0 Å². The van der Waals surface area contributed by atoms with Crippen LogP contribution in [0.1, 0.15) is 12.0 Å². The first-order chi connectivity index (χ1) is 8.68. The van der Waals surface area contributed by atoms with E-state index in [4.69, 9.17) is 17.3 Å². The lowest BCUT2D eigenvalue weighted by Gasteiger charge is -2.08. The summed E-state index contributed by atoms with van der Waals surface area (Å²) in [6.45, 7) is 1.20. The van der Waals surface area contributed by atoms with Gasteiger partial charge in [0.15, 0.2) is 0 Å². The number of pyridine rings is 1. The minimum Gasteiger partial charge on any atom is -0.370 e. The molecule has 0 saturated heterocycles. The Morgan fingerprint density at radius 1 is 1.39 bits per heavy atom. The Kier molecular flexibility index (Phi) is 4.12. The molecule has 0 aliphatic rings. The number of amides is 1. The number of rotatable bonds is 5. The van der Waals surface area contributed by atoms with E-state index in [2.05, 4.69) is 10.3 Å². The molecule has 0 fully saturated rings. The molecule has 1 heterocycles. The Morgan fingerprint density at radius 2 is 2.22 bits per heavy atom. The molecule has 1 aromatic carbocycles. The van der Waals surface area contributed by atoms with Gasteiger partial charge in [-0.25, -0.2) is 0 Å². The molecule has 0 spiro atoms. The molecule has 2 aromatic rings. The molecule has 94 valence electrons. The minimum atomic E-state index is -0.304. The van der Waals surface area contributed by atoms with Gasteiger partial charge in [-0.15, -0.1) is 0 Å². The number of hydrogen-bond donors (Lipinski definition) is 2. The molecule has 0 saturated carbocycles. The summed E-state index contributed by atoms with van der Waals surface area (Å²) in [5.41, 5.74) is 7.01. The fourth-order valence-corrected chi connectivity index (χ4v) is 1.99. The maximum Gasteiger partial charge on any atom is 0.218 e. The molecule has 4 nitrogen and oxygen atoms in total. The number of nitrogens with two attached hydrogens (primary N) is 1. The van der Waals surface area contributed by atoms with Crippen LogP contribution in [0.2, 0.25) is 5.02 Å². The van der Waals surface area contributed by atoms with Gasteiger partial charge in [-0.2, -0.15) is 0 Å². The molecule has 3 N–H and O–H groups in total. The number of halogens is 1. The van der Waals surface area contributed by atoms with Crippen molar-refractivity contribution in [3.8, 4) is 0 Å². The van der Waals surface area contributed by atoms with E-state index in [9.17, 15) is 4.79 Å². The molecule has 2 rings (SSSR count). The number of nitrogens with one attached hydrogen (secondary N) is 1. The topological polar surface area (TPSA) is 68.0 Å². The molecular formula is C13H14ClN3O. The third-order valence-corrected chi connectivity index (χ3v) is 2.99. The van der Waals surface area contributed by atoms with E-state index in [-0.39, 0.29) is 5.91 Å². The number of carbonyl (C=O) groups excluding carboxylic acids is 1. The summed E-state index contributed by atoms with van der Waals surface area (Å²) in [6, 6.07) is 7.60. The monoisotopic (exact) mass is 263 g/mol. The van der Waals surface area contributed by atoms with Crippen molar-refractivity contribution >= 4 is 28.4 Å². The van der Waals surface area contributed by atoms with Crippen LogP contribution >= 0.6 is 11.6 Å². The first-order valence-corrected chi connectivity index (χ1v) is 6.07. The normalized spacial score (nSPS) is 10.7. The molecule has 1 aromatic heterocycles. The number of fused-ring (bicyclic) bond motifs is 1. The first-order valence-electron chi connectivity index (χ1n) is 5.69. The van der Waals surface area contributed by atoms with Gasteiger partial charge in [-0.1, -0.05) is 17.7 Å². The fraction of sp³-hybridized carbons (Fsp3) is 0.231. The highest BCUT2D eigenvalue weighted by Gasteiger charge is 2.05. The molecular weight excluding hydrogens is 250 g/mol. The van der Waals surface area contributed by atoms with Crippen molar-refractivity contribution in [1.29, 1.82) is 0 Å². The first kappa shape index (κ1) is 12.8. The van der Waals surface area contributed by atoms with E-state index in [0.29, 0.717) is 24.5 Å². The summed E-state index contributed by atoms with van der Waals surface area (Å²) in [5, 5.41) is 4.79.